The Hall–Kier alpha value is -3.26. The highest BCUT2D eigenvalue weighted by Crippen LogP contribution is 2.23. The molecule has 4 heterocycles. The van der Waals surface area contributed by atoms with Crippen LogP contribution in [0, 0.1) is 26.7 Å². The summed E-state index contributed by atoms with van der Waals surface area (Å²) in [7, 11) is 0. The number of H-pyrrole nitrogens is 1. The van der Waals surface area contributed by atoms with Gasteiger partial charge in [-0.3, -0.25) is 9.69 Å². The summed E-state index contributed by atoms with van der Waals surface area (Å²) in [5, 5.41) is 7.47. The van der Waals surface area contributed by atoms with Crippen LogP contribution in [0.3, 0.4) is 0 Å². The van der Waals surface area contributed by atoms with Crippen LogP contribution in [0.5, 0.6) is 0 Å². The molecule has 1 aromatic carbocycles. The van der Waals surface area contributed by atoms with Gasteiger partial charge in [0.25, 0.3) is 0 Å². The number of imidazole rings is 1. The molecule has 1 aliphatic rings. The number of aromatic amines is 1. The van der Waals surface area contributed by atoms with E-state index in [2.05, 4.69) is 30.3 Å². The molecule has 0 aliphatic carbocycles. The highest BCUT2D eigenvalue weighted by Gasteiger charge is 2.33. The first-order chi connectivity index (χ1) is 14.0. The lowest BCUT2D eigenvalue weighted by Gasteiger charge is -2.37. The fourth-order valence-corrected chi connectivity index (χ4v) is 3.99. The molecule has 1 saturated heterocycles. The fraction of sp³-hybridized carbons (Fsp3) is 0.333. The minimum atomic E-state index is -0.00697. The number of aromatic nitrogens is 5. The van der Waals surface area contributed by atoms with Gasteiger partial charge in [-0.15, -0.1) is 0 Å². The molecule has 0 saturated carbocycles. The van der Waals surface area contributed by atoms with Gasteiger partial charge in [-0.1, -0.05) is 0 Å². The Morgan fingerprint density at radius 1 is 1.21 bits per heavy atom. The van der Waals surface area contributed by atoms with Crippen LogP contribution in [0.25, 0.3) is 16.7 Å². The average Bonchev–Trinajstić information content (AvgIpc) is 3.19. The smallest absolute Gasteiger partial charge is 0.230 e. The summed E-state index contributed by atoms with van der Waals surface area (Å²) in [4.78, 5) is 27.1. The number of nitrogens with zero attached hydrogens (tertiary/aromatic N) is 5. The topological polar surface area (TPSA) is 91.2 Å². The van der Waals surface area contributed by atoms with E-state index in [0.29, 0.717) is 0 Å². The van der Waals surface area contributed by atoms with Crippen LogP contribution < -0.4 is 5.32 Å². The van der Waals surface area contributed by atoms with E-state index in [4.69, 9.17) is 0 Å². The number of carbonyl (C=O) groups is 1. The van der Waals surface area contributed by atoms with E-state index >= 15 is 0 Å². The predicted octanol–water partition coefficient (Wildman–Crippen LogP) is 2.60. The number of carbonyl (C=O) groups excluding carboxylic acids is 1. The summed E-state index contributed by atoms with van der Waals surface area (Å²) < 4.78 is 1.87. The van der Waals surface area contributed by atoms with Gasteiger partial charge in [-0.05, 0) is 45.0 Å². The van der Waals surface area contributed by atoms with Crippen molar-refractivity contribution in [3.63, 3.8) is 0 Å². The van der Waals surface area contributed by atoms with Crippen molar-refractivity contribution in [3.8, 4) is 0 Å². The van der Waals surface area contributed by atoms with Crippen molar-refractivity contribution in [1.29, 1.82) is 0 Å². The second-order valence-corrected chi connectivity index (χ2v) is 7.88. The molecule has 0 atom stereocenters. The Morgan fingerprint density at radius 3 is 2.86 bits per heavy atom. The van der Waals surface area contributed by atoms with Crippen molar-refractivity contribution >= 4 is 28.3 Å². The molecule has 0 radical (unpaired) electrons. The Labute approximate surface area is 168 Å². The highest BCUT2D eigenvalue weighted by atomic mass is 16.2. The van der Waals surface area contributed by atoms with Gasteiger partial charge < -0.3 is 10.3 Å². The number of nitrogens with one attached hydrogen (secondary N) is 2. The standard InChI is InChI=1S/C21H23N7O/c1-12-6-13(2)28-20(23-12)15(8-22-28)9-27-10-16(11-27)21(29)26-17-4-5-18-19(7-17)25-14(3)24-18/h4-8,16H,9-11H2,1-3H3,(H,24,25)(H,26,29). The van der Waals surface area contributed by atoms with E-state index in [-0.39, 0.29) is 11.8 Å². The highest BCUT2D eigenvalue weighted by molar-refractivity contribution is 5.95. The lowest BCUT2D eigenvalue weighted by Crippen LogP contribution is -2.51. The Bertz CT molecular complexity index is 1230. The number of hydrogen-bond donors (Lipinski definition) is 2. The van der Waals surface area contributed by atoms with E-state index in [1.54, 1.807) is 0 Å². The van der Waals surface area contributed by atoms with Crippen LogP contribution >= 0.6 is 0 Å². The number of benzene rings is 1. The van der Waals surface area contributed by atoms with Gasteiger partial charge in [0.1, 0.15) is 5.82 Å². The SMILES string of the molecule is Cc1cc(C)n2ncc(CN3CC(C(=O)Nc4ccc5nc(C)[nH]c5c4)C3)c2n1. The third kappa shape index (κ3) is 3.25. The van der Waals surface area contributed by atoms with Crippen molar-refractivity contribution in [2.45, 2.75) is 27.3 Å². The van der Waals surface area contributed by atoms with Crippen LogP contribution in [-0.2, 0) is 11.3 Å². The van der Waals surface area contributed by atoms with E-state index < -0.39 is 0 Å². The van der Waals surface area contributed by atoms with Crippen LogP contribution in [0.2, 0.25) is 0 Å². The minimum absolute atomic E-state index is 0.00697. The Morgan fingerprint density at radius 2 is 2.03 bits per heavy atom. The molecule has 8 nitrogen and oxygen atoms in total. The van der Waals surface area contributed by atoms with Crippen molar-refractivity contribution in [3.05, 3.63) is 53.2 Å². The molecule has 2 N–H and O–H groups in total. The minimum Gasteiger partial charge on any atom is -0.342 e. The summed E-state index contributed by atoms with van der Waals surface area (Å²) in [6.45, 7) is 8.17. The van der Waals surface area contributed by atoms with Crippen LogP contribution in [0.15, 0.2) is 30.5 Å². The van der Waals surface area contributed by atoms with E-state index in [0.717, 1.165) is 64.8 Å². The Balaban J connectivity index is 1.22. The molecule has 0 bridgehead atoms. The van der Waals surface area contributed by atoms with Crippen molar-refractivity contribution in [1.82, 2.24) is 29.5 Å². The molecule has 148 valence electrons. The maximum absolute atomic E-state index is 12.6. The van der Waals surface area contributed by atoms with Crippen molar-refractivity contribution in [2.24, 2.45) is 5.92 Å². The lowest BCUT2D eigenvalue weighted by molar-refractivity contribution is -0.125. The van der Waals surface area contributed by atoms with Crippen molar-refractivity contribution < 1.29 is 4.79 Å². The zero-order valence-corrected chi connectivity index (χ0v) is 16.7. The third-order valence-electron chi connectivity index (χ3n) is 5.44. The number of amides is 1. The monoisotopic (exact) mass is 389 g/mol. The summed E-state index contributed by atoms with van der Waals surface area (Å²) in [5.41, 5.74) is 6.69. The summed E-state index contributed by atoms with van der Waals surface area (Å²) >= 11 is 0. The average molecular weight is 389 g/mol. The zero-order valence-electron chi connectivity index (χ0n) is 16.7. The third-order valence-corrected chi connectivity index (χ3v) is 5.44. The Kier molecular flexibility index (Phi) is 4.09. The molecule has 4 aromatic rings. The number of aryl methyl sites for hydroxylation is 3. The molecule has 0 spiro atoms. The molecule has 1 aliphatic heterocycles. The molecular formula is C21H23N7O. The largest absolute Gasteiger partial charge is 0.342 e. The summed E-state index contributed by atoms with van der Waals surface area (Å²) in [6, 6.07) is 7.77. The predicted molar refractivity (Wildman–Crippen MR) is 111 cm³/mol. The van der Waals surface area contributed by atoms with Crippen LogP contribution in [0.1, 0.15) is 22.8 Å². The first-order valence-electron chi connectivity index (χ1n) is 9.77. The van der Waals surface area contributed by atoms with Gasteiger partial charge >= 0.3 is 0 Å². The number of hydrogen-bond acceptors (Lipinski definition) is 5. The number of rotatable bonds is 4. The molecule has 0 unspecified atom stereocenters. The van der Waals surface area contributed by atoms with E-state index in [1.807, 2.05) is 55.7 Å². The van der Waals surface area contributed by atoms with Gasteiger partial charge in [-0.25, -0.2) is 14.5 Å². The molecule has 8 heteroatoms. The number of fused-ring (bicyclic) bond motifs is 2. The second kappa shape index (κ2) is 6.66. The van der Waals surface area contributed by atoms with Gasteiger partial charge in [0, 0.05) is 42.3 Å². The van der Waals surface area contributed by atoms with Gasteiger partial charge in [0.2, 0.25) is 5.91 Å². The maximum atomic E-state index is 12.6. The van der Waals surface area contributed by atoms with Crippen LogP contribution in [0.4, 0.5) is 5.69 Å². The van der Waals surface area contributed by atoms with E-state index in [9.17, 15) is 4.79 Å². The zero-order chi connectivity index (χ0) is 20.1. The lowest BCUT2D eigenvalue weighted by atomic mass is 9.98. The maximum Gasteiger partial charge on any atom is 0.230 e. The molecule has 3 aromatic heterocycles. The molecular weight excluding hydrogens is 366 g/mol. The first-order valence-corrected chi connectivity index (χ1v) is 9.77. The summed E-state index contributed by atoms with van der Waals surface area (Å²) in [6.07, 6.45) is 1.88. The summed E-state index contributed by atoms with van der Waals surface area (Å²) in [5.74, 6) is 0.916. The second-order valence-electron chi connectivity index (χ2n) is 7.88. The van der Waals surface area contributed by atoms with Gasteiger partial charge in [0.15, 0.2) is 5.65 Å². The normalized spacial score (nSPS) is 15.1. The quantitative estimate of drug-likeness (QED) is 0.560. The molecule has 1 amide bonds. The number of likely N-dealkylation sites (tertiary alicyclic amines) is 1. The van der Waals surface area contributed by atoms with Crippen LogP contribution in [-0.4, -0.2) is 48.5 Å². The van der Waals surface area contributed by atoms with Gasteiger partial charge in [0.05, 0.1) is 23.1 Å². The van der Waals surface area contributed by atoms with Gasteiger partial charge in [-0.2, -0.15) is 5.10 Å². The molecule has 1 fully saturated rings. The fourth-order valence-electron chi connectivity index (χ4n) is 3.99. The van der Waals surface area contributed by atoms with Crippen molar-refractivity contribution in [2.75, 3.05) is 18.4 Å². The van der Waals surface area contributed by atoms with E-state index in [1.165, 1.54) is 0 Å². The molecule has 5 rings (SSSR count). The molecule has 29 heavy (non-hydrogen) atoms. The number of anilines is 1. The first kappa shape index (κ1) is 17.8.